The molecule has 0 heterocycles. The van der Waals surface area contributed by atoms with Crippen molar-refractivity contribution in [1.29, 1.82) is 0 Å². The summed E-state index contributed by atoms with van der Waals surface area (Å²) >= 11 is 0. The Morgan fingerprint density at radius 1 is 1.50 bits per heavy atom. The van der Waals surface area contributed by atoms with Crippen LogP contribution in [-0.2, 0) is 4.79 Å². The molecule has 5 heteroatoms. The van der Waals surface area contributed by atoms with E-state index in [1.807, 2.05) is 0 Å². The highest BCUT2D eigenvalue weighted by Crippen LogP contribution is 2.21. The number of rotatable bonds is 4. The lowest BCUT2D eigenvalue weighted by atomic mass is 10.1. The Kier molecular flexibility index (Phi) is 4.23. The van der Waals surface area contributed by atoms with Crippen LogP contribution in [-0.4, -0.2) is 18.0 Å². The van der Waals surface area contributed by atoms with E-state index in [0.717, 1.165) is 0 Å². The lowest BCUT2D eigenvalue weighted by Crippen LogP contribution is -2.20. The Labute approximate surface area is 68.9 Å². The second kappa shape index (κ2) is 4.45. The van der Waals surface area contributed by atoms with Gasteiger partial charge in [0, 0.05) is 18.9 Å². The number of ketones is 1. The van der Waals surface area contributed by atoms with Crippen LogP contribution in [0.2, 0.25) is 0 Å². The van der Waals surface area contributed by atoms with Crippen LogP contribution in [0.15, 0.2) is 0 Å². The molecule has 0 rings (SSSR count). The Bertz CT molecular complexity index is 153. The number of hydrogen-bond acceptors (Lipinski definition) is 2. The SMILES string of the molecule is C[C@@H](N)CC(=O)CCC(F)(F)F. The van der Waals surface area contributed by atoms with Crippen molar-refractivity contribution in [3.8, 4) is 0 Å². The Morgan fingerprint density at radius 2 is 2.00 bits per heavy atom. The van der Waals surface area contributed by atoms with Crippen molar-refractivity contribution in [2.45, 2.75) is 38.4 Å². The van der Waals surface area contributed by atoms with Gasteiger partial charge in [-0.2, -0.15) is 13.2 Å². The van der Waals surface area contributed by atoms with Crippen molar-refractivity contribution >= 4 is 5.78 Å². The van der Waals surface area contributed by atoms with Crippen molar-refractivity contribution in [3.63, 3.8) is 0 Å². The first-order valence-electron chi connectivity index (χ1n) is 3.65. The molecule has 0 amide bonds. The molecule has 2 nitrogen and oxygen atoms in total. The molecule has 12 heavy (non-hydrogen) atoms. The molecule has 0 aliphatic carbocycles. The molecule has 0 aromatic heterocycles. The zero-order valence-electron chi connectivity index (χ0n) is 6.82. The number of carbonyl (C=O) groups is 1. The standard InChI is InChI=1S/C7H12F3NO/c1-5(11)4-6(12)2-3-7(8,9)10/h5H,2-4,11H2,1H3/t5-/m1/s1. The summed E-state index contributed by atoms with van der Waals surface area (Å²) in [5.41, 5.74) is 5.23. The van der Waals surface area contributed by atoms with Gasteiger partial charge in [0.05, 0.1) is 6.42 Å². The maximum atomic E-state index is 11.6. The van der Waals surface area contributed by atoms with E-state index in [9.17, 15) is 18.0 Å². The summed E-state index contributed by atoms with van der Waals surface area (Å²) in [7, 11) is 0. The van der Waals surface area contributed by atoms with Gasteiger partial charge >= 0.3 is 6.18 Å². The van der Waals surface area contributed by atoms with E-state index in [1.165, 1.54) is 0 Å². The van der Waals surface area contributed by atoms with E-state index in [0.29, 0.717) is 0 Å². The van der Waals surface area contributed by atoms with Crippen LogP contribution < -0.4 is 5.73 Å². The molecule has 72 valence electrons. The summed E-state index contributed by atoms with van der Waals surface area (Å²) in [5.74, 6) is -0.428. The minimum atomic E-state index is -4.24. The maximum absolute atomic E-state index is 11.6. The molecule has 0 saturated carbocycles. The zero-order chi connectivity index (χ0) is 9.78. The second-order valence-electron chi connectivity index (χ2n) is 2.84. The Morgan fingerprint density at radius 3 is 2.33 bits per heavy atom. The lowest BCUT2D eigenvalue weighted by Gasteiger charge is -2.06. The maximum Gasteiger partial charge on any atom is 0.389 e. The van der Waals surface area contributed by atoms with Crippen LogP contribution in [0.4, 0.5) is 13.2 Å². The predicted octanol–water partition coefficient (Wildman–Crippen LogP) is 1.64. The average Bonchev–Trinajstić information content (AvgIpc) is 1.80. The lowest BCUT2D eigenvalue weighted by molar-refractivity contribution is -0.143. The summed E-state index contributed by atoms with van der Waals surface area (Å²) in [6, 6.07) is -0.356. The summed E-state index contributed by atoms with van der Waals surface area (Å²) in [6.07, 6.45) is -5.72. The number of halogens is 3. The molecule has 0 fully saturated rings. The highest BCUT2D eigenvalue weighted by Gasteiger charge is 2.27. The van der Waals surface area contributed by atoms with Crippen molar-refractivity contribution in [3.05, 3.63) is 0 Å². The zero-order valence-corrected chi connectivity index (χ0v) is 6.82. The molecule has 0 aromatic rings. The van der Waals surface area contributed by atoms with Gasteiger partial charge < -0.3 is 5.73 Å². The van der Waals surface area contributed by atoms with Crippen molar-refractivity contribution in [1.82, 2.24) is 0 Å². The molecular formula is C7H12F3NO. The average molecular weight is 183 g/mol. The van der Waals surface area contributed by atoms with Crippen LogP contribution in [0.3, 0.4) is 0 Å². The second-order valence-corrected chi connectivity index (χ2v) is 2.84. The molecular weight excluding hydrogens is 171 g/mol. The van der Waals surface area contributed by atoms with Crippen molar-refractivity contribution in [2.24, 2.45) is 5.73 Å². The molecule has 0 radical (unpaired) electrons. The highest BCUT2D eigenvalue weighted by molar-refractivity contribution is 5.78. The Balaban J connectivity index is 3.58. The molecule has 1 atom stereocenters. The third-order valence-electron chi connectivity index (χ3n) is 1.24. The molecule has 0 unspecified atom stereocenters. The van der Waals surface area contributed by atoms with Gasteiger partial charge in [-0.1, -0.05) is 0 Å². The topological polar surface area (TPSA) is 43.1 Å². The van der Waals surface area contributed by atoms with Gasteiger partial charge in [0.25, 0.3) is 0 Å². The number of nitrogens with two attached hydrogens (primary N) is 1. The van der Waals surface area contributed by atoms with Gasteiger partial charge in [0.1, 0.15) is 5.78 Å². The van der Waals surface area contributed by atoms with E-state index >= 15 is 0 Å². The first kappa shape index (κ1) is 11.4. The quantitative estimate of drug-likeness (QED) is 0.719. The summed E-state index contributed by atoms with van der Waals surface area (Å²) in [6.45, 7) is 1.59. The predicted molar refractivity (Wildman–Crippen MR) is 38.6 cm³/mol. The number of Topliss-reactive ketones (excluding diaryl/α,β-unsaturated/α-hetero) is 1. The van der Waals surface area contributed by atoms with Crippen molar-refractivity contribution in [2.75, 3.05) is 0 Å². The molecule has 0 aliphatic heterocycles. The smallest absolute Gasteiger partial charge is 0.328 e. The van der Waals surface area contributed by atoms with E-state index in [-0.39, 0.29) is 12.5 Å². The van der Waals surface area contributed by atoms with Crippen LogP contribution in [0.1, 0.15) is 26.2 Å². The Hall–Kier alpha value is -0.580. The fourth-order valence-electron chi connectivity index (χ4n) is 0.742. The van der Waals surface area contributed by atoms with Gasteiger partial charge in [-0.15, -0.1) is 0 Å². The van der Waals surface area contributed by atoms with Gasteiger partial charge in [-0.25, -0.2) is 0 Å². The third kappa shape index (κ3) is 7.53. The van der Waals surface area contributed by atoms with Gasteiger partial charge in [0.2, 0.25) is 0 Å². The van der Waals surface area contributed by atoms with Crippen molar-refractivity contribution < 1.29 is 18.0 Å². The van der Waals surface area contributed by atoms with Crippen LogP contribution in [0.25, 0.3) is 0 Å². The molecule has 0 saturated heterocycles. The van der Waals surface area contributed by atoms with E-state index in [1.54, 1.807) is 6.92 Å². The van der Waals surface area contributed by atoms with E-state index in [2.05, 4.69) is 0 Å². The van der Waals surface area contributed by atoms with E-state index in [4.69, 9.17) is 5.73 Å². The number of carbonyl (C=O) groups excluding carboxylic acids is 1. The summed E-state index contributed by atoms with van der Waals surface area (Å²) in [4.78, 5) is 10.7. The molecule has 2 N–H and O–H groups in total. The summed E-state index contributed by atoms with van der Waals surface area (Å²) in [5, 5.41) is 0. The number of hydrogen-bond donors (Lipinski definition) is 1. The minimum absolute atomic E-state index is 0.0239. The molecule has 0 bridgehead atoms. The fourth-order valence-corrected chi connectivity index (χ4v) is 0.742. The molecule has 0 aliphatic rings. The van der Waals surface area contributed by atoms with Crippen LogP contribution in [0, 0.1) is 0 Å². The summed E-state index contributed by atoms with van der Waals surface area (Å²) < 4.78 is 34.7. The van der Waals surface area contributed by atoms with Gasteiger partial charge in [-0.05, 0) is 6.92 Å². The van der Waals surface area contributed by atoms with Gasteiger partial charge in [-0.3, -0.25) is 4.79 Å². The fraction of sp³-hybridized carbons (Fsp3) is 0.857. The normalized spacial score (nSPS) is 14.4. The largest absolute Gasteiger partial charge is 0.389 e. The molecule has 0 aromatic carbocycles. The first-order chi connectivity index (χ1) is 5.31. The monoisotopic (exact) mass is 183 g/mol. The third-order valence-corrected chi connectivity index (χ3v) is 1.24. The number of alkyl halides is 3. The minimum Gasteiger partial charge on any atom is -0.328 e. The van der Waals surface area contributed by atoms with E-state index < -0.39 is 24.8 Å². The van der Waals surface area contributed by atoms with Crippen LogP contribution >= 0.6 is 0 Å². The van der Waals surface area contributed by atoms with Gasteiger partial charge in [0.15, 0.2) is 0 Å². The first-order valence-corrected chi connectivity index (χ1v) is 3.65. The van der Waals surface area contributed by atoms with Crippen LogP contribution in [0.5, 0.6) is 0 Å². The molecule has 0 spiro atoms. The highest BCUT2D eigenvalue weighted by atomic mass is 19.4.